The van der Waals surface area contributed by atoms with Crippen molar-refractivity contribution in [1.82, 2.24) is 15.5 Å². The summed E-state index contributed by atoms with van der Waals surface area (Å²) in [6, 6.07) is 6.44. The summed E-state index contributed by atoms with van der Waals surface area (Å²) in [6.45, 7) is 6.80. The van der Waals surface area contributed by atoms with Crippen LogP contribution in [-0.4, -0.2) is 42.1 Å². The van der Waals surface area contributed by atoms with E-state index < -0.39 is 0 Å². The van der Waals surface area contributed by atoms with Crippen molar-refractivity contribution in [1.29, 1.82) is 0 Å². The molecule has 1 heterocycles. The van der Waals surface area contributed by atoms with Crippen LogP contribution in [0.2, 0.25) is 0 Å². The van der Waals surface area contributed by atoms with Crippen LogP contribution in [0.25, 0.3) is 0 Å². The van der Waals surface area contributed by atoms with Crippen LogP contribution in [-0.2, 0) is 4.79 Å². The first kappa shape index (κ1) is 18.6. The zero-order chi connectivity index (χ0) is 17.5. The molecule has 1 fully saturated rings. The maximum Gasteiger partial charge on any atom is 0.225 e. The van der Waals surface area contributed by atoms with E-state index in [2.05, 4.69) is 17.6 Å². The average molecular weight is 351 g/mol. The molecule has 24 heavy (non-hydrogen) atoms. The van der Waals surface area contributed by atoms with Crippen molar-refractivity contribution >= 4 is 23.2 Å². The zero-order valence-corrected chi connectivity index (χ0v) is 15.2. The fraction of sp³-hybridized carbons (Fsp3) is 0.556. The van der Waals surface area contributed by atoms with Crippen LogP contribution >= 0.6 is 12.2 Å². The Kier molecular flexibility index (Phi) is 6.97. The third-order valence-corrected chi connectivity index (χ3v) is 4.80. The molecule has 1 aromatic carbocycles. The molecule has 2 atom stereocenters. The van der Waals surface area contributed by atoms with Gasteiger partial charge in [0, 0.05) is 32.1 Å². The molecule has 0 unspecified atom stereocenters. The summed E-state index contributed by atoms with van der Waals surface area (Å²) in [7, 11) is 0. The highest BCUT2D eigenvalue weighted by Gasteiger charge is 2.39. The van der Waals surface area contributed by atoms with Gasteiger partial charge in [-0.2, -0.15) is 0 Å². The summed E-state index contributed by atoms with van der Waals surface area (Å²) in [5.74, 6) is -0.368. The van der Waals surface area contributed by atoms with Gasteiger partial charge in [0.1, 0.15) is 5.82 Å². The molecule has 0 aromatic heterocycles. The molecule has 2 N–H and O–H groups in total. The number of amides is 1. The Hall–Kier alpha value is -1.69. The smallest absolute Gasteiger partial charge is 0.225 e. The summed E-state index contributed by atoms with van der Waals surface area (Å²) < 4.78 is 13.2. The number of benzene rings is 1. The predicted molar refractivity (Wildman–Crippen MR) is 98.4 cm³/mol. The number of thiocarbonyl (C=S) groups is 1. The molecule has 0 radical (unpaired) electrons. The van der Waals surface area contributed by atoms with E-state index in [9.17, 15) is 9.18 Å². The lowest BCUT2D eigenvalue weighted by atomic mass is 9.88. The summed E-state index contributed by atoms with van der Waals surface area (Å²) in [5, 5.41) is 6.85. The van der Waals surface area contributed by atoms with Gasteiger partial charge in [-0.15, -0.1) is 0 Å². The van der Waals surface area contributed by atoms with E-state index >= 15 is 0 Å². The Morgan fingerprint density at radius 3 is 2.58 bits per heavy atom. The van der Waals surface area contributed by atoms with E-state index in [1.54, 1.807) is 12.1 Å². The number of unbranched alkanes of at least 4 members (excludes halogenated alkanes) is 1. The maximum absolute atomic E-state index is 13.2. The number of likely N-dealkylation sites (tertiary alicyclic amines) is 1. The number of hydrogen-bond donors (Lipinski definition) is 2. The molecule has 1 saturated heterocycles. The monoisotopic (exact) mass is 351 g/mol. The van der Waals surface area contributed by atoms with Gasteiger partial charge in [0.2, 0.25) is 5.91 Å². The van der Waals surface area contributed by atoms with Crippen molar-refractivity contribution in [2.75, 3.05) is 26.2 Å². The van der Waals surface area contributed by atoms with Gasteiger partial charge >= 0.3 is 0 Å². The summed E-state index contributed by atoms with van der Waals surface area (Å²) in [6.07, 6.45) is 2.02. The van der Waals surface area contributed by atoms with Gasteiger partial charge in [-0.3, -0.25) is 4.79 Å². The Balaban J connectivity index is 2.14. The minimum atomic E-state index is -0.263. The van der Waals surface area contributed by atoms with Crippen LogP contribution in [0.15, 0.2) is 24.3 Å². The van der Waals surface area contributed by atoms with Gasteiger partial charge in [0.15, 0.2) is 5.11 Å². The van der Waals surface area contributed by atoms with Crippen molar-refractivity contribution in [2.45, 2.75) is 32.6 Å². The maximum atomic E-state index is 13.2. The van der Waals surface area contributed by atoms with Gasteiger partial charge in [0.05, 0.1) is 5.92 Å². The van der Waals surface area contributed by atoms with Crippen molar-refractivity contribution in [2.24, 2.45) is 5.92 Å². The fourth-order valence-electron chi connectivity index (χ4n) is 3.07. The lowest BCUT2D eigenvalue weighted by Crippen LogP contribution is -2.39. The van der Waals surface area contributed by atoms with Gasteiger partial charge < -0.3 is 15.5 Å². The first-order valence-corrected chi connectivity index (χ1v) is 9.03. The molecular formula is C18H26FN3OS. The highest BCUT2D eigenvalue weighted by atomic mass is 32.1. The quantitative estimate of drug-likeness (QED) is 0.611. The highest BCUT2D eigenvalue weighted by Crippen LogP contribution is 2.33. The predicted octanol–water partition coefficient (Wildman–Crippen LogP) is 2.65. The second kappa shape index (κ2) is 8.97. The first-order chi connectivity index (χ1) is 11.6. The van der Waals surface area contributed by atoms with E-state index in [4.69, 9.17) is 12.2 Å². The second-order valence-corrected chi connectivity index (χ2v) is 6.54. The number of carbonyl (C=O) groups is 1. The van der Waals surface area contributed by atoms with Crippen LogP contribution in [0.1, 0.15) is 38.2 Å². The van der Waals surface area contributed by atoms with E-state index in [-0.39, 0.29) is 23.6 Å². The number of hydrogen-bond acceptors (Lipinski definition) is 2. The van der Waals surface area contributed by atoms with Gasteiger partial charge in [0.25, 0.3) is 0 Å². The molecule has 4 nitrogen and oxygen atoms in total. The molecule has 0 spiro atoms. The van der Waals surface area contributed by atoms with Crippen molar-refractivity contribution in [3.8, 4) is 0 Å². The van der Waals surface area contributed by atoms with Crippen LogP contribution in [0.3, 0.4) is 0 Å². The summed E-state index contributed by atoms with van der Waals surface area (Å²) in [4.78, 5) is 14.7. The third-order valence-electron chi connectivity index (χ3n) is 4.40. The highest BCUT2D eigenvalue weighted by molar-refractivity contribution is 7.80. The molecule has 1 amide bonds. The minimum absolute atomic E-state index is 0.0174. The number of nitrogens with zero attached hydrogens (tertiary/aromatic N) is 1. The Labute approximate surface area is 148 Å². The molecule has 132 valence electrons. The van der Waals surface area contributed by atoms with E-state index in [0.29, 0.717) is 24.7 Å². The number of carbonyl (C=O) groups excluding carboxylic acids is 1. The first-order valence-electron chi connectivity index (χ1n) is 8.62. The van der Waals surface area contributed by atoms with Crippen LogP contribution in [0, 0.1) is 11.7 Å². The summed E-state index contributed by atoms with van der Waals surface area (Å²) >= 11 is 5.41. The number of halogens is 1. The average Bonchev–Trinajstić information content (AvgIpc) is 3.01. The zero-order valence-electron chi connectivity index (χ0n) is 14.3. The molecule has 1 aliphatic heterocycles. The Morgan fingerprint density at radius 2 is 1.96 bits per heavy atom. The van der Waals surface area contributed by atoms with Crippen LogP contribution < -0.4 is 10.6 Å². The van der Waals surface area contributed by atoms with Gasteiger partial charge in [-0.25, -0.2) is 4.39 Å². The number of rotatable bonds is 6. The molecule has 6 heteroatoms. The Morgan fingerprint density at radius 1 is 1.25 bits per heavy atom. The fourth-order valence-corrected chi connectivity index (χ4v) is 3.36. The third kappa shape index (κ3) is 4.66. The van der Waals surface area contributed by atoms with E-state index in [1.807, 2.05) is 11.8 Å². The molecule has 0 bridgehead atoms. The molecule has 1 aliphatic rings. The lowest BCUT2D eigenvalue weighted by Gasteiger charge is -2.19. The summed E-state index contributed by atoms with van der Waals surface area (Å²) in [5.41, 5.74) is 0.980. The minimum Gasteiger partial charge on any atom is -0.363 e. The van der Waals surface area contributed by atoms with Gasteiger partial charge in [-0.05, 0) is 43.3 Å². The standard InChI is InChI=1S/C18H26FN3OS/c1-3-5-10-21-17(23)16-12-22(18(24)20-4-2)11-15(16)13-6-8-14(19)9-7-13/h6-9,15-16H,3-5,10-12H2,1-2H3,(H,20,24)(H,21,23)/t15-,16-/m0/s1. The van der Waals surface area contributed by atoms with Crippen LogP contribution in [0.4, 0.5) is 4.39 Å². The molecule has 0 aliphatic carbocycles. The Bertz CT molecular complexity index is 564. The molecular weight excluding hydrogens is 325 g/mol. The topological polar surface area (TPSA) is 44.4 Å². The normalized spacial score (nSPS) is 20.0. The van der Waals surface area contributed by atoms with E-state index in [0.717, 1.165) is 24.9 Å². The van der Waals surface area contributed by atoms with Gasteiger partial charge in [-0.1, -0.05) is 25.5 Å². The SMILES string of the molecule is CCCCNC(=O)[C@H]1CN(C(=S)NCC)C[C@H]1c1ccc(F)cc1. The van der Waals surface area contributed by atoms with Crippen LogP contribution in [0.5, 0.6) is 0 Å². The largest absolute Gasteiger partial charge is 0.363 e. The van der Waals surface area contributed by atoms with E-state index in [1.165, 1.54) is 12.1 Å². The van der Waals surface area contributed by atoms with Crippen molar-refractivity contribution < 1.29 is 9.18 Å². The second-order valence-electron chi connectivity index (χ2n) is 6.15. The van der Waals surface area contributed by atoms with Crippen molar-refractivity contribution in [3.63, 3.8) is 0 Å². The molecule has 1 aromatic rings. The molecule has 2 rings (SSSR count). The molecule has 0 saturated carbocycles. The lowest BCUT2D eigenvalue weighted by molar-refractivity contribution is -0.124. The van der Waals surface area contributed by atoms with Crippen molar-refractivity contribution in [3.05, 3.63) is 35.6 Å². The number of nitrogens with one attached hydrogen (secondary N) is 2.